The van der Waals surface area contributed by atoms with Crippen molar-refractivity contribution in [3.8, 4) is 11.3 Å². The largest absolute Gasteiger partial charge is 0.452 e. The zero-order chi connectivity index (χ0) is 24.2. The molecule has 3 aromatic carbocycles. The van der Waals surface area contributed by atoms with Crippen LogP contribution in [0, 0.1) is 5.82 Å². The standard InChI is InChI=1S/C26H19FN4O3S/c27-22-11-4-3-10-20(22)24-21(14-28-30-24)25(33)34-16-23(32)29-26-31(12-13-35-26)15-18-8-5-7-17-6-1-2-9-19(17)18/h1-14H,15-16H2,(H,28,30). The number of thiazole rings is 1. The third-order valence-corrected chi connectivity index (χ3v) is 6.22. The molecule has 0 aliphatic heterocycles. The van der Waals surface area contributed by atoms with E-state index in [1.165, 1.54) is 29.7 Å². The Labute approximate surface area is 203 Å². The van der Waals surface area contributed by atoms with E-state index >= 15 is 0 Å². The maximum Gasteiger partial charge on any atom is 0.342 e. The number of H-pyrrole nitrogens is 1. The molecule has 0 bridgehead atoms. The van der Waals surface area contributed by atoms with Gasteiger partial charge in [-0.3, -0.25) is 9.89 Å². The number of carbonyl (C=O) groups excluding carboxylic acids is 2. The normalized spacial score (nSPS) is 11.6. The minimum atomic E-state index is -0.796. The minimum Gasteiger partial charge on any atom is -0.452 e. The van der Waals surface area contributed by atoms with Gasteiger partial charge in [-0.2, -0.15) is 10.1 Å². The Hall–Kier alpha value is -4.37. The third-order valence-electron chi connectivity index (χ3n) is 5.43. The smallest absolute Gasteiger partial charge is 0.342 e. The molecule has 7 nitrogen and oxygen atoms in total. The summed E-state index contributed by atoms with van der Waals surface area (Å²) >= 11 is 1.31. The number of rotatable bonds is 6. The molecule has 0 fully saturated rings. The number of aromatic nitrogens is 3. The number of nitrogens with one attached hydrogen (secondary N) is 1. The van der Waals surface area contributed by atoms with Gasteiger partial charge in [0, 0.05) is 17.1 Å². The first-order chi connectivity index (χ1) is 17.1. The third kappa shape index (κ3) is 4.80. The lowest BCUT2D eigenvalue weighted by Gasteiger charge is -2.08. The molecule has 5 aromatic rings. The Morgan fingerprint density at radius 1 is 1.06 bits per heavy atom. The second-order valence-electron chi connectivity index (χ2n) is 7.67. The molecule has 174 valence electrons. The summed E-state index contributed by atoms with van der Waals surface area (Å²) in [6.45, 7) is -0.00926. The Morgan fingerprint density at radius 3 is 2.74 bits per heavy atom. The molecule has 0 spiro atoms. The molecule has 0 radical (unpaired) electrons. The maximum atomic E-state index is 14.1. The van der Waals surface area contributed by atoms with Crippen LogP contribution in [0.15, 0.2) is 89.5 Å². The van der Waals surface area contributed by atoms with Crippen molar-refractivity contribution in [3.63, 3.8) is 0 Å². The van der Waals surface area contributed by atoms with Crippen LogP contribution in [0.5, 0.6) is 0 Å². The van der Waals surface area contributed by atoms with Crippen LogP contribution in [0.3, 0.4) is 0 Å². The second-order valence-corrected chi connectivity index (χ2v) is 8.54. The molecule has 2 aromatic heterocycles. The monoisotopic (exact) mass is 486 g/mol. The maximum absolute atomic E-state index is 14.1. The van der Waals surface area contributed by atoms with Crippen molar-refractivity contribution in [1.82, 2.24) is 14.8 Å². The van der Waals surface area contributed by atoms with E-state index < -0.39 is 24.3 Å². The minimum absolute atomic E-state index is 0.0324. The molecule has 0 saturated heterocycles. The predicted octanol–water partition coefficient (Wildman–Crippen LogP) is 4.56. The van der Waals surface area contributed by atoms with E-state index in [2.05, 4.69) is 33.4 Å². The van der Waals surface area contributed by atoms with Gasteiger partial charge >= 0.3 is 5.97 Å². The molecule has 35 heavy (non-hydrogen) atoms. The average molecular weight is 487 g/mol. The van der Waals surface area contributed by atoms with Gasteiger partial charge in [-0.25, -0.2) is 9.18 Å². The number of fused-ring (bicyclic) bond motifs is 1. The van der Waals surface area contributed by atoms with Gasteiger partial charge in [0.1, 0.15) is 11.4 Å². The molecule has 0 atom stereocenters. The summed E-state index contributed by atoms with van der Waals surface area (Å²) in [7, 11) is 0. The quantitative estimate of drug-likeness (QED) is 0.356. The van der Waals surface area contributed by atoms with Crippen LogP contribution in [0.25, 0.3) is 22.0 Å². The summed E-state index contributed by atoms with van der Waals surface area (Å²) in [6, 6.07) is 20.2. The van der Waals surface area contributed by atoms with Gasteiger partial charge in [0.15, 0.2) is 11.4 Å². The molecule has 2 heterocycles. The van der Waals surface area contributed by atoms with Crippen LogP contribution in [0.2, 0.25) is 0 Å². The van der Waals surface area contributed by atoms with E-state index in [1.807, 2.05) is 40.4 Å². The van der Waals surface area contributed by atoms with Gasteiger partial charge in [-0.1, -0.05) is 54.6 Å². The van der Waals surface area contributed by atoms with Crippen LogP contribution in [-0.4, -0.2) is 33.2 Å². The fraction of sp³-hybridized carbons (Fsp3) is 0.0769. The molecule has 5 rings (SSSR count). The van der Waals surface area contributed by atoms with E-state index in [0.29, 0.717) is 11.3 Å². The number of hydrogen-bond donors (Lipinski definition) is 1. The summed E-state index contributed by atoms with van der Waals surface area (Å²) in [5.74, 6) is -1.91. The Morgan fingerprint density at radius 2 is 1.86 bits per heavy atom. The molecule has 1 amide bonds. The summed E-state index contributed by atoms with van der Waals surface area (Å²) in [5.41, 5.74) is 1.50. The number of aromatic amines is 1. The highest BCUT2D eigenvalue weighted by molar-refractivity contribution is 7.07. The lowest BCUT2D eigenvalue weighted by Crippen LogP contribution is -2.20. The van der Waals surface area contributed by atoms with Crippen molar-refractivity contribution in [1.29, 1.82) is 0 Å². The number of benzene rings is 3. The number of hydrogen-bond acceptors (Lipinski definition) is 5. The van der Waals surface area contributed by atoms with Crippen LogP contribution >= 0.6 is 11.3 Å². The summed E-state index contributed by atoms with van der Waals surface area (Å²) in [6.07, 6.45) is 3.10. The molecule has 0 aliphatic rings. The van der Waals surface area contributed by atoms with Crippen molar-refractivity contribution < 1.29 is 18.7 Å². The molecule has 0 aliphatic carbocycles. The van der Waals surface area contributed by atoms with Gasteiger partial charge < -0.3 is 9.30 Å². The number of nitrogens with zero attached hydrogens (tertiary/aromatic N) is 3. The van der Waals surface area contributed by atoms with Crippen molar-refractivity contribution in [2.45, 2.75) is 6.54 Å². The van der Waals surface area contributed by atoms with Gasteiger partial charge in [-0.15, -0.1) is 11.3 Å². The zero-order valence-electron chi connectivity index (χ0n) is 18.3. The number of amides is 1. The van der Waals surface area contributed by atoms with Crippen molar-refractivity contribution >= 4 is 34.0 Å². The highest BCUT2D eigenvalue weighted by Crippen LogP contribution is 2.24. The molecule has 1 N–H and O–H groups in total. The highest BCUT2D eigenvalue weighted by Gasteiger charge is 2.19. The topological polar surface area (TPSA) is 89.3 Å². The van der Waals surface area contributed by atoms with E-state index in [9.17, 15) is 14.0 Å². The zero-order valence-corrected chi connectivity index (χ0v) is 19.2. The van der Waals surface area contributed by atoms with Gasteiger partial charge in [-0.05, 0) is 28.5 Å². The van der Waals surface area contributed by atoms with Crippen LogP contribution in [0.4, 0.5) is 4.39 Å². The Kier molecular flexibility index (Phi) is 6.32. The molecular weight excluding hydrogens is 467 g/mol. The summed E-state index contributed by atoms with van der Waals surface area (Å²) in [4.78, 5) is 29.6. The van der Waals surface area contributed by atoms with Crippen molar-refractivity contribution in [2.75, 3.05) is 6.61 Å². The van der Waals surface area contributed by atoms with E-state index in [0.717, 1.165) is 16.3 Å². The fourth-order valence-electron chi connectivity index (χ4n) is 3.78. The fourth-order valence-corrected chi connectivity index (χ4v) is 4.52. The Balaban J connectivity index is 1.30. The summed E-state index contributed by atoms with van der Waals surface area (Å²) in [5, 5.41) is 10.5. The van der Waals surface area contributed by atoms with E-state index in [4.69, 9.17) is 4.74 Å². The van der Waals surface area contributed by atoms with Crippen LogP contribution < -0.4 is 4.80 Å². The van der Waals surface area contributed by atoms with Crippen molar-refractivity contribution in [2.24, 2.45) is 4.99 Å². The average Bonchev–Trinajstić information content (AvgIpc) is 3.53. The second kappa shape index (κ2) is 9.86. The SMILES string of the molecule is O=C(COC(=O)c1cn[nH]c1-c1ccccc1F)N=c1sccn1Cc1cccc2ccccc12. The van der Waals surface area contributed by atoms with Gasteiger partial charge in [0.05, 0.1) is 18.4 Å². The van der Waals surface area contributed by atoms with Crippen LogP contribution in [0.1, 0.15) is 15.9 Å². The Bertz CT molecular complexity index is 1600. The highest BCUT2D eigenvalue weighted by atomic mass is 32.1. The first-order valence-electron chi connectivity index (χ1n) is 10.7. The number of esters is 1. The number of carbonyl (C=O) groups is 2. The van der Waals surface area contributed by atoms with Crippen molar-refractivity contribution in [3.05, 3.63) is 106 Å². The molecule has 0 unspecified atom stereocenters. The van der Waals surface area contributed by atoms with Crippen LogP contribution in [-0.2, 0) is 16.1 Å². The van der Waals surface area contributed by atoms with E-state index in [1.54, 1.807) is 12.1 Å². The number of ether oxygens (including phenoxy) is 1. The first-order valence-corrected chi connectivity index (χ1v) is 11.6. The lowest BCUT2D eigenvalue weighted by molar-refractivity contribution is -0.121. The molecule has 0 saturated carbocycles. The predicted molar refractivity (Wildman–Crippen MR) is 130 cm³/mol. The molecular formula is C26H19FN4O3S. The molecule has 9 heteroatoms. The van der Waals surface area contributed by atoms with E-state index in [-0.39, 0.29) is 16.8 Å². The number of halogens is 1. The lowest BCUT2D eigenvalue weighted by atomic mass is 10.0. The van der Waals surface area contributed by atoms with Gasteiger partial charge in [0.2, 0.25) is 0 Å². The van der Waals surface area contributed by atoms with Gasteiger partial charge in [0.25, 0.3) is 5.91 Å². The first kappa shape index (κ1) is 22.4. The summed E-state index contributed by atoms with van der Waals surface area (Å²) < 4.78 is 21.2.